The molecule has 6 heteroatoms. The highest BCUT2D eigenvalue weighted by atomic mass is 16.4. The van der Waals surface area contributed by atoms with Crippen LogP contribution in [0.15, 0.2) is 21.3 Å². The summed E-state index contributed by atoms with van der Waals surface area (Å²) in [6, 6.07) is 3.34. The molecule has 24 heavy (non-hydrogen) atoms. The van der Waals surface area contributed by atoms with E-state index in [1.165, 1.54) is 0 Å². The van der Waals surface area contributed by atoms with E-state index in [2.05, 4.69) is 4.90 Å². The first-order valence-electron chi connectivity index (χ1n) is 8.09. The van der Waals surface area contributed by atoms with Gasteiger partial charge in [-0.2, -0.15) is 0 Å². The molecule has 3 rings (SSSR count). The van der Waals surface area contributed by atoms with Crippen LogP contribution in [-0.4, -0.2) is 54.0 Å². The Kier molecular flexibility index (Phi) is 4.32. The number of rotatable bonds is 2. The van der Waals surface area contributed by atoms with E-state index in [0.29, 0.717) is 35.2 Å². The Hall–Kier alpha value is -2.34. The molecule has 0 aliphatic carbocycles. The van der Waals surface area contributed by atoms with Crippen LogP contribution in [0.4, 0.5) is 0 Å². The van der Waals surface area contributed by atoms with Crippen molar-refractivity contribution in [2.24, 2.45) is 0 Å². The van der Waals surface area contributed by atoms with Crippen molar-refractivity contribution in [2.75, 3.05) is 33.2 Å². The molecule has 1 fully saturated rings. The van der Waals surface area contributed by atoms with Gasteiger partial charge in [-0.15, -0.1) is 0 Å². The van der Waals surface area contributed by atoms with Gasteiger partial charge in [0.1, 0.15) is 11.3 Å². The highest BCUT2D eigenvalue weighted by molar-refractivity contribution is 5.89. The van der Waals surface area contributed by atoms with Crippen molar-refractivity contribution in [3.8, 4) is 5.75 Å². The minimum absolute atomic E-state index is 0.00113. The van der Waals surface area contributed by atoms with Gasteiger partial charge in [-0.1, -0.05) is 0 Å². The Morgan fingerprint density at radius 1 is 1.21 bits per heavy atom. The van der Waals surface area contributed by atoms with Crippen molar-refractivity contribution in [3.05, 3.63) is 39.2 Å². The molecule has 128 valence electrons. The zero-order valence-corrected chi connectivity index (χ0v) is 14.3. The summed E-state index contributed by atoms with van der Waals surface area (Å²) in [6.45, 7) is 6.56. The number of benzene rings is 1. The number of phenols is 1. The average Bonchev–Trinajstić information content (AvgIpc) is 2.50. The highest BCUT2D eigenvalue weighted by Gasteiger charge is 2.23. The SMILES string of the molecule is Cc1cc(O)c2c(C)c(CC(=O)N3CCN(C)CC3)c(=O)oc2c1. The van der Waals surface area contributed by atoms with Crippen LogP contribution in [0, 0.1) is 13.8 Å². The van der Waals surface area contributed by atoms with Crippen LogP contribution in [0.1, 0.15) is 16.7 Å². The summed E-state index contributed by atoms with van der Waals surface area (Å²) in [5, 5.41) is 10.7. The molecule has 2 heterocycles. The third-order valence-corrected chi connectivity index (χ3v) is 4.69. The normalized spacial score (nSPS) is 15.9. The standard InChI is InChI=1S/C18H22N2O4/c1-11-8-14(21)17-12(2)13(18(23)24-15(17)9-11)10-16(22)20-6-4-19(3)5-7-20/h8-9,21H,4-7,10H2,1-3H3. The lowest BCUT2D eigenvalue weighted by Gasteiger charge is -2.32. The minimum atomic E-state index is -0.507. The number of piperazine rings is 1. The molecule has 1 saturated heterocycles. The number of aromatic hydroxyl groups is 1. The van der Waals surface area contributed by atoms with Gasteiger partial charge >= 0.3 is 5.63 Å². The Morgan fingerprint density at radius 2 is 1.88 bits per heavy atom. The van der Waals surface area contributed by atoms with Gasteiger partial charge < -0.3 is 19.3 Å². The summed E-state index contributed by atoms with van der Waals surface area (Å²) < 4.78 is 5.35. The molecule has 6 nitrogen and oxygen atoms in total. The lowest BCUT2D eigenvalue weighted by atomic mass is 10.0. The quantitative estimate of drug-likeness (QED) is 0.843. The molecule has 0 radical (unpaired) electrons. The first-order valence-corrected chi connectivity index (χ1v) is 8.09. The number of nitrogens with zero attached hydrogens (tertiary/aromatic N) is 2. The van der Waals surface area contributed by atoms with Gasteiger partial charge in [0.05, 0.1) is 17.4 Å². The predicted molar refractivity (Wildman–Crippen MR) is 91.4 cm³/mol. The molecule has 0 unspecified atom stereocenters. The molecule has 2 aromatic rings. The zero-order valence-electron chi connectivity index (χ0n) is 14.3. The van der Waals surface area contributed by atoms with E-state index < -0.39 is 5.63 Å². The van der Waals surface area contributed by atoms with E-state index in [9.17, 15) is 14.7 Å². The van der Waals surface area contributed by atoms with E-state index in [0.717, 1.165) is 18.7 Å². The van der Waals surface area contributed by atoms with Gasteiger partial charge in [0, 0.05) is 26.2 Å². The summed E-state index contributed by atoms with van der Waals surface area (Å²) in [4.78, 5) is 28.8. The second-order valence-corrected chi connectivity index (χ2v) is 6.51. The van der Waals surface area contributed by atoms with E-state index in [-0.39, 0.29) is 18.1 Å². The molecular formula is C18H22N2O4. The van der Waals surface area contributed by atoms with Crippen molar-refractivity contribution in [2.45, 2.75) is 20.3 Å². The Morgan fingerprint density at radius 3 is 2.54 bits per heavy atom. The molecule has 0 bridgehead atoms. The van der Waals surface area contributed by atoms with E-state index >= 15 is 0 Å². The number of hydrogen-bond acceptors (Lipinski definition) is 5. The molecule has 0 atom stereocenters. The van der Waals surface area contributed by atoms with E-state index in [1.54, 1.807) is 24.0 Å². The predicted octanol–water partition coefficient (Wildman–Crippen LogP) is 1.43. The Labute approximate surface area is 140 Å². The smallest absolute Gasteiger partial charge is 0.340 e. The largest absolute Gasteiger partial charge is 0.507 e. The fourth-order valence-electron chi connectivity index (χ4n) is 3.18. The van der Waals surface area contributed by atoms with E-state index in [1.807, 2.05) is 14.0 Å². The summed E-state index contributed by atoms with van der Waals surface area (Å²) in [5.41, 5.74) is 1.59. The zero-order chi connectivity index (χ0) is 17.4. The molecule has 0 saturated carbocycles. The first-order chi connectivity index (χ1) is 11.4. The lowest BCUT2D eigenvalue weighted by molar-refractivity contribution is -0.132. The monoisotopic (exact) mass is 330 g/mol. The van der Waals surface area contributed by atoms with Crippen molar-refractivity contribution in [1.29, 1.82) is 0 Å². The van der Waals surface area contributed by atoms with Gasteiger partial charge in [-0.05, 0) is 44.2 Å². The van der Waals surface area contributed by atoms with Gasteiger partial charge in [0.15, 0.2) is 0 Å². The van der Waals surface area contributed by atoms with Crippen LogP contribution in [0.2, 0.25) is 0 Å². The van der Waals surface area contributed by atoms with Gasteiger partial charge in [0.25, 0.3) is 0 Å². The van der Waals surface area contributed by atoms with Gasteiger partial charge in [-0.25, -0.2) is 4.79 Å². The Bertz CT molecular complexity index is 848. The molecule has 1 aromatic heterocycles. The van der Waals surface area contributed by atoms with Crippen LogP contribution < -0.4 is 5.63 Å². The minimum Gasteiger partial charge on any atom is -0.507 e. The average molecular weight is 330 g/mol. The third-order valence-electron chi connectivity index (χ3n) is 4.69. The fraction of sp³-hybridized carbons (Fsp3) is 0.444. The summed E-state index contributed by atoms with van der Waals surface area (Å²) in [6.07, 6.45) is 0.00113. The van der Waals surface area contributed by atoms with Crippen LogP contribution in [0.5, 0.6) is 5.75 Å². The highest BCUT2D eigenvalue weighted by Crippen LogP contribution is 2.30. The van der Waals surface area contributed by atoms with Crippen LogP contribution in [0.25, 0.3) is 11.0 Å². The topological polar surface area (TPSA) is 74.0 Å². The second-order valence-electron chi connectivity index (χ2n) is 6.51. The maximum absolute atomic E-state index is 12.5. The fourth-order valence-corrected chi connectivity index (χ4v) is 3.18. The van der Waals surface area contributed by atoms with Gasteiger partial charge in [-0.3, -0.25) is 4.79 Å². The lowest BCUT2D eigenvalue weighted by Crippen LogP contribution is -2.47. The molecular weight excluding hydrogens is 308 g/mol. The van der Waals surface area contributed by atoms with Crippen LogP contribution in [-0.2, 0) is 11.2 Å². The number of phenolic OH excluding ortho intramolecular Hbond substituents is 1. The second kappa shape index (κ2) is 6.28. The van der Waals surface area contributed by atoms with Crippen LogP contribution >= 0.6 is 0 Å². The third kappa shape index (κ3) is 3.01. The molecule has 1 amide bonds. The first kappa shape index (κ1) is 16.5. The summed E-state index contributed by atoms with van der Waals surface area (Å²) >= 11 is 0. The Balaban J connectivity index is 1.95. The summed E-state index contributed by atoms with van der Waals surface area (Å²) in [5.74, 6) is -0.0102. The number of likely N-dealkylation sites (N-methyl/N-ethyl adjacent to an activating group) is 1. The van der Waals surface area contributed by atoms with E-state index in [4.69, 9.17) is 4.42 Å². The maximum atomic E-state index is 12.5. The molecule has 0 spiro atoms. The maximum Gasteiger partial charge on any atom is 0.340 e. The number of carbonyl (C=O) groups is 1. The number of aryl methyl sites for hydroxylation is 2. The number of fused-ring (bicyclic) bond motifs is 1. The van der Waals surface area contributed by atoms with Crippen molar-refractivity contribution >= 4 is 16.9 Å². The van der Waals surface area contributed by atoms with Crippen molar-refractivity contribution in [3.63, 3.8) is 0 Å². The van der Waals surface area contributed by atoms with Crippen LogP contribution in [0.3, 0.4) is 0 Å². The number of hydrogen-bond donors (Lipinski definition) is 1. The molecule has 1 N–H and O–H groups in total. The number of carbonyl (C=O) groups excluding carboxylic acids is 1. The molecule has 1 aliphatic heterocycles. The van der Waals surface area contributed by atoms with Gasteiger partial charge in [0.2, 0.25) is 5.91 Å². The van der Waals surface area contributed by atoms with Crippen molar-refractivity contribution in [1.82, 2.24) is 9.80 Å². The summed E-state index contributed by atoms with van der Waals surface area (Å²) in [7, 11) is 2.02. The number of amides is 1. The molecule has 1 aliphatic rings. The molecule has 1 aromatic carbocycles. The van der Waals surface area contributed by atoms with Crippen molar-refractivity contribution < 1.29 is 14.3 Å².